The first kappa shape index (κ1) is 14.2. The maximum atomic E-state index is 5.03. The average Bonchev–Trinajstić information content (AvgIpc) is 2.15. The van der Waals surface area contributed by atoms with Crippen molar-refractivity contribution >= 4 is 22.9 Å². The molecule has 0 aromatic heterocycles. The van der Waals surface area contributed by atoms with E-state index in [2.05, 4.69) is 64.2 Å². The third-order valence-corrected chi connectivity index (χ3v) is 3.90. The van der Waals surface area contributed by atoms with Gasteiger partial charge in [-0.3, -0.25) is 0 Å². The molecule has 0 unspecified atom stereocenters. The zero-order valence-electron chi connectivity index (χ0n) is 11.7. The van der Waals surface area contributed by atoms with E-state index >= 15 is 0 Å². The molecule has 0 radical (unpaired) electrons. The van der Waals surface area contributed by atoms with Gasteiger partial charge in [0.05, 0.1) is 4.99 Å². The minimum atomic E-state index is 0.151. The van der Waals surface area contributed by atoms with Crippen LogP contribution in [0.4, 0.5) is 5.69 Å². The molecule has 1 nitrogen and oxygen atoms in total. The second-order valence-electron chi connectivity index (χ2n) is 6.13. The lowest BCUT2D eigenvalue weighted by Gasteiger charge is -2.39. The number of thiocarbonyl (C=S) groups is 1. The molecule has 0 aliphatic heterocycles. The normalized spacial score (nSPS) is 12.4. The first-order valence-electron chi connectivity index (χ1n) is 6.03. The van der Waals surface area contributed by atoms with Crippen LogP contribution in [0.3, 0.4) is 0 Å². The summed E-state index contributed by atoms with van der Waals surface area (Å²) in [7, 11) is 0. The molecule has 94 valence electrons. The van der Waals surface area contributed by atoms with E-state index < -0.39 is 0 Å². The van der Waals surface area contributed by atoms with Crippen LogP contribution >= 0.6 is 12.2 Å². The van der Waals surface area contributed by atoms with Gasteiger partial charge in [0.15, 0.2) is 0 Å². The standard InChI is InChI=1S/C15H23NS/c1-11(17)16-13-9-7-12(8-10-13)15(5,6)14(2,3)4/h7-10H,1-6H3,(H,16,17). The Labute approximate surface area is 111 Å². The highest BCUT2D eigenvalue weighted by Crippen LogP contribution is 2.40. The van der Waals surface area contributed by atoms with Crippen molar-refractivity contribution in [3.63, 3.8) is 0 Å². The number of anilines is 1. The van der Waals surface area contributed by atoms with Crippen molar-refractivity contribution < 1.29 is 0 Å². The summed E-state index contributed by atoms with van der Waals surface area (Å²) in [5.41, 5.74) is 2.81. The molecule has 0 heterocycles. The molecule has 1 aromatic carbocycles. The van der Waals surface area contributed by atoms with Crippen LogP contribution in [0.5, 0.6) is 0 Å². The number of benzene rings is 1. The average molecular weight is 249 g/mol. The molecule has 0 amide bonds. The fraction of sp³-hybridized carbons (Fsp3) is 0.533. The Hall–Kier alpha value is -0.890. The van der Waals surface area contributed by atoms with Gasteiger partial charge in [-0.25, -0.2) is 0 Å². The summed E-state index contributed by atoms with van der Waals surface area (Å²) in [6, 6.07) is 8.56. The van der Waals surface area contributed by atoms with Gasteiger partial charge in [0.2, 0.25) is 0 Å². The van der Waals surface area contributed by atoms with Gasteiger partial charge in [0.1, 0.15) is 0 Å². The van der Waals surface area contributed by atoms with Gasteiger partial charge in [0.25, 0.3) is 0 Å². The molecule has 1 rings (SSSR count). The summed E-state index contributed by atoms with van der Waals surface area (Å²) in [5.74, 6) is 0. The van der Waals surface area contributed by atoms with E-state index in [4.69, 9.17) is 12.2 Å². The van der Waals surface area contributed by atoms with E-state index in [1.807, 2.05) is 6.92 Å². The van der Waals surface area contributed by atoms with Crippen molar-refractivity contribution in [3.05, 3.63) is 29.8 Å². The molecular formula is C15H23NS. The lowest BCUT2D eigenvalue weighted by Crippen LogP contribution is -2.33. The summed E-state index contributed by atoms with van der Waals surface area (Å²) in [5, 5.41) is 3.15. The van der Waals surface area contributed by atoms with Gasteiger partial charge >= 0.3 is 0 Å². The number of hydrogen-bond acceptors (Lipinski definition) is 1. The first-order valence-corrected chi connectivity index (χ1v) is 6.43. The predicted octanol–water partition coefficient (Wildman–Crippen LogP) is 4.77. The molecule has 1 N–H and O–H groups in total. The van der Waals surface area contributed by atoms with E-state index in [-0.39, 0.29) is 10.8 Å². The van der Waals surface area contributed by atoms with Crippen LogP contribution < -0.4 is 5.32 Å². The zero-order chi connectivity index (χ0) is 13.3. The Bertz CT molecular complexity index is 396. The third-order valence-electron chi connectivity index (χ3n) is 3.80. The Balaban J connectivity index is 2.99. The van der Waals surface area contributed by atoms with Gasteiger partial charge in [0, 0.05) is 5.69 Å². The molecular weight excluding hydrogens is 226 g/mol. The maximum Gasteiger partial charge on any atom is 0.0765 e. The van der Waals surface area contributed by atoms with Crippen molar-refractivity contribution in [2.45, 2.75) is 47.0 Å². The maximum absolute atomic E-state index is 5.03. The molecule has 2 heteroatoms. The molecule has 0 aliphatic rings. The quantitative estimate of drug-likeness (QED) is 0.758. The summed E-state index contributed by atoms with van der Waals surface area (Å²) in [6.07, 6.45) is 0. The lowest BCUT2D eigenvalue weighted by molar-refractivity contribution is 0.225. The Morgan fingerprint density at radius 3 is 1.82 bits per heavy atom. The highest BCUT2D eigenvalue weighted by atomic mass is 32.1. The third kappa shape index (κ3) is 3.29. The first-order chi connectivity index (χ1) is 7.64. The van der Waals surface area contributed by atoms with E-state index in [1.54, 1.807) is 0 Å². The van der Waals surface area contributed by atoms with Crippen LogP contribution in [-0.2, 0) is 5.41 Å². The highest BCUT2D eigenvalue weighted by Gasteiger charge is 2.34. The Kier molecular flexibility index (Phi) is 3.98. The zero-order valence-corrected chi connectivity index (χ0v) is 12.5. The fourth-order valence-corrected chi connectivity index (χ4v) is 1.72. The molecule has 17 heavy (non-hydrogen) atoms. The highest BCUT2D eigenvalue weighted by molar-refractivity contribution is 7.80. The molecule has 0 atom stereocenters. The second kappa shape index (κ2) is 4.77. The van der Waals surface area contributed by atoms with Gasteiger partial charge in [-0.05, 0) is 35.4 Å². The van der Waals surface area contributed by atoms with E-state index in [0.29, 0.717) is 0 Å². The SMILES string of the molecule is CC(=S)Nc1ccc(C(C)(C)C(C)(C)C)cc1. The molecule has 0 bridgehead atoms. The van der Waals surface area contributed by atoms with Crippen molar-refractivity contribution in [2.24, 2.45) is 5.41 Å². The molecule has 0 aliphatic carbocycles. The molecule has 0 spiro atoms. The molecule has 0 fully saturated rings. The molecule has 0 saturated carbocycles. The number of rotatable bonds is 2. The van der Waals surface area contributed by atoms with E-state index in [9.17, 15) is 0 Å². The lowest BCUT2D eigenvalue weighted by atomic mass is 9.65. The second-order valence-corrected chi connectivity index (χ2v) is 6.75. The van der Waals surface area contributed by atoms with Crippen molar-refractivity contribution in [1.82, 2.24) is 0 Å². The summed E-state index contributed by atoms with van der Waals surface area (Å²) in [6.45, 7) is 13.3. The van der Waals surface area contributed by atoms with Crippen molar-refractivity contribution in [3.8, 4) is 0 Å². The van der Waals surface area contributed by atoms with Crippen molar-refractivity contribution in [2.75, 3.05) is 5.32 Å². The van der Waals surface area contributed by atoms with E-state index in [0.717, 1.165) is 10.7 Å². The minimum Gasteiger partial charge on any atom is -0.350 e. The fourth-order valence-electron chi connectivity index (χ4n) is 1.61. The van der Waals surface area contributed by atoms with Crippen LogP contribution in [0.25, 0.3) is 0 Å². The number of nitrogens with one attached hydrogen (secondary N) is 1. The summed E-state index contributed by atoms with van der Waals surface area (Å²) in [4.78, 5) is 0.799. The van der Waals surface area contributed by atoms with Crippen LogP contribution in [0.2, 0.25) is 0 Å². The largest absolute Gasteiger partial charge is 0.350 e. The smallest absolute Gasteiger partial charge is 0.0765 e. The Morgan fingerprint density at radius 1 is 1.00 bits per heavy atom. The number of hydrogen-bond donors (Lipinski definition) is 1. The van der Waals surface area contributed by atoms with Crippen LogP contribution in [0.15, 0.2) is 24.3 Å². The van der Waals surface area contributed by atoms with Gasteiger partial charge in [-0.15, -0.1) is 0 Å². The molecule has 0 saturated heterocycles. The molecule has 1 aromatic rings. The van der Waals surface area contributed by atoms with Gasteiger partial charge in [-0.2, -0.15) is 0 Å². The van der Waals surface area contributed by atoms with Crippen LogP contribution in [0.1, 0.15) is 47.1 Å². The Morgan fingerprint density at radius 2 is 1.47 bits per heavy atom. The van der Waals surface area contributed by atoms with Gasteiger partial charge < -0.3 is 5.32 Å². The topological polar surface area (TPSA) is 12.0 Å². The van der Waals surface area contributed by atoms with Gasteiger partial charge in [-0.1, -0.05) is 59.0 Å². The summed E-state index contributed by atoms with van der Waals surface area (Å²) < 4.78 is 0. The minimum absolute atomic E-state index is 0.151. The van der Waals surface area contributed by atoms with Crippen LogP contribution in [0, 0.1) is 5.41 Å². The van der Waals surface area contributed by atoms with Crippen LogP contribution in [-0.4, -0.2) is 4.99 Å². The van der Waals surface area contributed by atoms with E-state index in [1.165, 1.54) is 5.56 Å². The monoisotopic (exact) mass is 249 g/mol. The summed E-state index contributed by atoms with van der Waals surface area (Å²) >= 11 is 5.03. The predicted molar refractivity (Wildman–Crippen MR) is 80.8 cm³/mol. The van der Waals surface area contributed by atoms with Crippen molar-refractivity contribution in [1.29, 1.82) is 0 Å².